The number of amides is 2. The second kappa shape index (κ2) is 11.9. The van der Waals surface area contributed by atoms with Crippen molar-refractivity contribution in [1.82, 2.24) is 25.5 Å². The Kier molecular flexibility index (Phi) is 8.45. The molecular formula is C25H22ClN6O5P. The molecule has 194 valence electrons. The van der Waals surface area contributed by atoms with Crippen LogP contribution in [-0.4, -0.2) is 47.9 Å². The molecule has 11 nitrogen and oxygen atoms in total. The van der Waals surface area contributed by atoms with Gasteiger partial charge in [-0.15, -0.1) is 5.10 Å². The minimum atomic E-state index is -4.41. The molecule has 4 rings (SSSR count). The number of rotatable bonds is 9. The largest absolute Gasteiger partial charge is 0.356 e. The van der Waals surface area contributed by atoms with E-state index in [1.165, 1.54) is 47.4 Å². The zero-order valence-corrected chi connectivity index (χ0v) is 21.3. The van der Waals surface area contributed by atoms with E-state index in [9.17, 15) is 23.9 Å². The van der Waals surface area contributed by atoms with Crippen LogP contribution in [0.15, 0.2) is 85.2 Å². The average molecular weight is 553 g/mol. The summed E-state index contributed by atoms with van der Waals surface area (Å²) in [6.45, 7) is 0. The molecule has 0 aliphatic rings. The van der Waals surface area contributed by atoms with Crippen LogP contribution in [0.2, 0.25) is 5.02 Å². The van der Waals surface area contributed by atoms with Gasteiger partial charge in [-0.2, -0.15) is 4.68 Å². The van der Waals surface area contributed by atoms with Crippen molar-refractivity contribution < 1.29 is 23.9 Å². The van der Waals surface area contributed by atoms with E-state index in [1.807, 2.05) is 30.3 Å². The van der Waals surface area contributed by atoms with Gasteiger partial charge in [0.05, 0.1) is 11.0 Å². The summed E-state index contributed by atoms with van der Waals surface area (Å²) in [6.07, 6.45) is 4.43. The van der Waals surface area contributed by atoms with E-state index in [-0.39, 0.29) is 11.7 Å². The number of tetrazole rings is 1. The maximum absolute atomic E-state index is 13.1. The third kappa shape index (κ3) is 7.21. The molecule has 0 spiro atoms. The van der Waals surface area contributed by atoms with Gasteiger partial charge in [-0.25, -0.2) is 0 Å². The average Bonchev–Trinajstić information content (AvgIpc) is 3.42. The summed E-state index contributed by atoms with van der Waals surface area (Å²) in [5.41, 5.74) is 2.32. The predicted molar refractivity (Wildman–Crippen MR) is 142 cm³/mol. The molecule has 0 aliphatic carbocycles. The molecule has 1 aromatic heterocycles. The smallest absolute Gasteiger partial charge is 0.340 e. The first-order valence-electron chi connectivity index (χ1n) is 11.2. The molecule has 4 aromatic rings. The number of aromatic nitrogens is 4. The van der Waals surface area contributed by atoms with Gasteiger partial charge in [0.25, 0.3) is 0 Å². The summed E-state index contributed by atoms with van der Waals surface area (Å²) in [5, 5.41) is 16.8. The van der Waals surface area contributed by atoms with E-state index < -0.39 is 25.5 Å². The standard InChI is InChI=1S/C25H22ClN6O5P/c26-19-7-12-23(32-16-27-30-31-32)18(15-19)6-13-24(33)29-22(14-17-4-2-1-3-5-17)25(34)28-20-8-10-21(11-9-20)38(35,36)37/h1-13,15-16,22H,14H2,(H,28,34)(H,29,33)(H2,35,36,37)/b13-6+/t22-/m0/s1. The van der Waals surface area contributed by atoms with Crippen molar-refractivity contribution in [3.8, 4) is 5.69 Å². The van der Waals surface area contributed by atoms with Gasteiger partial charge in [-0.05, 0) is 64.5 Å². The fourth-order valence-electron chi connectivity index (χ4n) is 3.55. The molecule has 0 fully saturated rings. The lowest BCUT2D eigenvalue weighted by atomic mass is 10.0. The SMILES string of the molecule is O=C(/C=C/c1cc(Cl)ccc1-n1cnnn1)N[C@@H](Cc1ccccc1)C(=O)Nc1ccc(P(=O)(O)O)cc1. The van der Waals surface area contributed by atoms with Gasteiger partial charge in [0.15, 0.2) is 0 Å². The number of hydrogen-bond donors (Lipinski definition) is 4. The number of carbonyl (C=O) groups excluding carboxylic acids is 2. The van der Waals surface area contributed by atoms with Crippen molar-refractivity contribution in [1.29, 1.82) is 0 Å². The van der Waals surface area contributed by atoms with Crippen LogP contribution in [0, 0.1) is 0 Å². The Bertz CT molecular complexity index is 1490. The van der Waals surface area contributed by atoms with E-state index in [1.54, 1.807) is 18.2 Å². The van der Waals surface area contributed by atoms with Crippen molar-refractivity contribution in [2.75, 3.05) is 5.32 Å². The molecule has 0 saturated carbocycles. The lowest BCUT2D eigenvalue weighted by molar-refractivity contribution is -0.123. The highest BCUT2D eigenvalue weighted by Gasteiger charge is 2.22. The van der Waals surface area contributed by atoms with E-state index in [0.29, 0.717) is 22.0 Å². The van der Waals surface area contributed by atoms with Crippen molar-refractivity contribution in [3.63, 3.8) is 0 Å². The number of benzene rings is 3. The summed E-state index contributed by atoms with van der Waals surface area (Å²) in [6, 6.07) is 18.5. The maximum Gasteiger partial charge on any atom is 0.356 e. The molecule has 0 radical (unpaired) electrons. The highest BCUT2D eigenvalue weighted by molar-refractivity contribution is 7.60. The normalized spacial score (nSPS) is 12.3. The number of nitrogens with one attached hydrogen (secondary N) is 2. The van der Waals surface area contributed by atoms with Crippen LogP contribution in [0.1, 0.15) is 11.1 Å². The Morgan fingerprint density at radius 2 is 1.79 bits per heavy atom. The first-order valence-corrected chi connectivity index (χ1v) is 13.2. The van der Waals surface area contributed by atoms with E-state index in [0.717, 1.165) is 5.56 Å². The van der Waals surface area contributed by atoms with Gasteiger partial charge >= 0.3 is 7.60 Å². The Morgan fingerprint density at radius 3 is 2.45 bits per heavy atom. The number of anilines is 1. The van der Waals surface area contributed by atoms with Gasteiger partial charge in [-0.3, -0.25) is 14.2 Å². The third-order valence-corrected chi connectivity index (χ3v) is 6.59. The van der Waals surface area contributed by atoms with Gasteiger partial charge in [0, 0.05) is 28.8 Å². The molecule has 2 amide bonds. The quantitative estimate of drug-likeness (QED) is 0.182. The molecule has 0 aliphatic heterocycles. The molecule has 38 heavy (non-hydrogen) atoms. The first-order chi connectivity index (χ1) is 18.2. The fraction of sp³-hybridized carbons (Fsp3) is 0.0800. The maximum atomic E-state index is 13.1. The Balaban J connectivity index is 1.52. The molecule has 4 N–H and O–H groups in total. The topological polar surface area (TPSA) is 159 Å². The molecular weight excluding hydrogens is 531 g/mol. The Hall–Kier alpha value is -4.15. The zero-order valence-electron chi connectivity index (χ0n) is 19.7. The lowest BCUT2D eigenvalue weighted by Crippen LogP contribution is -2.44. The Morgan fingerprint density at radius 1 is 1.05 bits per heavy atom. The van der Waals surface area contributed by atoms with Crippen LogP contribution >= 0.6 is 19.2 Å². The molecule has 3 aromatic carbocycles. The highest BCUT2D eigenvalue weighted by atomic mass is 35.5. The lowest BCUT2D eigenvalue weighted by Gasteiger charge is -2.18. The van der Waals surface area contributed by atoms with Gasteiger partial charge in [0.1, 0.15) is 12.4 Å². The molecule has 0 unspecified atom stereocenters. The van der Waals surface area contributed by atoms with Crippen molar-refractivity contribution in [2.24, 2.45) is 0 Å². The second-order valence-corrected chi connectivity index (χ2v) is 10.2. The molecule has 0 bridgehead atoms. The van der Waals surface area contributed by atoms with Crippen LogP contribution < -0.4 is 15.9 Å². The number of carbonyl (C=O) groups is 2. The summed E-state index contributed by atoms with van der Waals surface area (Å²) >= 11 is 6.13. The molecule has 0 saturated heterocycles. The number of hydrogen-bond acceptors (Lipinski definition) is 6. The minimum absolute atomic E-state index is 0.170. The zero-order chi connectivity index (χ0) is 27.1. The second-order valence-electron chi connectivity index (χ2n) is 8.12. The van der Waals surface area contributed by atoms with Crippen LogP contribution in [0.25, 0.3) is 11.8 Å². The predicted octanol–water partition coefficient (Wildman–Crippen LogP) is 2.50. The van der Waals surface area contributed by atoms with Gasteiger partial charge in [-0.1, -0.05) is 41.9 Å². The van der Waals surface area contributed by atoms with E-state index in [2.05, 4.69) is 26.2 Å². The summed E-state index contributed by atoms with van der Waals surface area (Å²) < 4.78 is 12.8. The monoisotopic (exact) mass is 552 g/mol. The first kappa shape index (κ1) is 26.9. The molecule has 1 atom stereocenters. The van der Waals surface area contributed by atoms with Crippen molar-refractivity contribution >= 4 is 48.1 Å². The summed E-state index contributed by atoms with van der Waals surface area (Å²) in [7, 11) is -4.41. The van der Waals surface area contributed by atoms with Gasteiger partial charge in [0.2, 0.25) is 11.8 Å². The number of nitrogens with zero attached hydrogens (tertiary/aromatic N) is 4. The van der Waals surface area contributed by atoms with Crippen LogP contribution in [-0.2, 0) is 20.6 Å². The summed E-state index contributed by atoms with van der Waals surface area (Å²) in [5.74, 6) is -1.03. The van der Waals surface area contributed by atoms with Crippen LogP contribution in [0.3, 0.4) is 0 Å². The van der Waals surface area contributed by atoms with Crippen LogP contribution in [0.4, 0.5) is 5.69 Å². The van der Waals surface area contributed by atoms with Crippen molar-refractivity contribution in [3.05, 3.63) is 101 Å². The molecule has 1 heterocycles. The van der Waals surface area contributed by atoms with E-state index >= 15 is 0 Å². The van der Waals surface area contributed by atoms with Crippen LogP contribution in [0.5, 0.6) is 0 Å². The van der Waals surface area contributed by atoms with Gasteiger partial charge < -0.3 is 20.4 Å². The Labute approximate surface area is 222 Å². The summed E-state index contributed by atoms with van der Waals surface area (Å²) in [4.78, 5) is 44.6. The van der Waals surface area contributed by atoms with E-state index in [4.69, 9.17) is 11.6 Å². The highest BCUT2D eigenvalue weighted by Crippen LogP contribution is 2.33. The molecule has 13 heteroatoms. The van der Waals surface area contributed by atoms with Crippen molar-refractivity contribution in [2.45, 2.75) is 12.5 Å². The third-order valence-electron chi connectivity index (χ3n) is 5.39. The fourth-order valence-corrected chi connectivity index (χ4v) is 4.27. The minimum Gasteiger partial charge on any atom is -0.340 e. The number of halogens is 1.